The average molecular weight is 483 g/mol. The lowest BCUT2D eigenvalue weighted by Gasteiger charge is -2.37. The van der Waals surface area contributed by atoms with Gasteiger partial charge in [-0.1, -0.05) is 55.7 Å². The van der Waals surface area contributed by atoms with Crippen LogP contribution in [-0.2, 0) is 16.0 Å². The van der Waals surface area contributed by atoms with Crippen LogP contribution in [-0.4, -0.2) is 41.4 Å². The van der Waals surface area contributed by atoms with Gasteiger partial charge in [-0.05, 0) is 54.4 Å². The fourth-order valence-electron chi connectivity index (χ4n) is 4.75. The maximum absolute atomic E-state index is 13.3. The Morgan fingerprint density at radius 1 is 1.09 bits per heavy atom. The lowest BCUT2D eigenvalue weighted by Crippen LogP contribution is -2.47. The molecule has 3 rings (SSSR count). The lowest BCUT2D eigenvalue weighted by atomic mass is 9.71. The summed E-state index contributed by atoms with van der Waals surface area (Å²) in [6.45, 7) is 0.502. The first-order valence-corrected chi connectivity index (χ1v) is 13.7. The molecule has 6 nitrogen and oxygen atoms in total. The molecule has 2 amide bonds. The van der Waals surface area contributed by atoms with E-state index in [9.17, 15) is 9.59 Å². The van der Waals surface area contributed by atoms with Gasteiger partial charge in [0.15, 0.2) is 0 Å². The van der Waals surface area contributed by atoms with Crippen LogP contribution in [0.2, 0.25) is 0 Å². The molecule has 1 aliphatic carbocycles. The largest absolute Gasteiger partial charge is 0.354 e. The van der Waals surface area contributed by atoms with Crippen molar-refractivity contribution in [3.05, 3.63) is 66.0 Å². The number of pyridine rings is 1. The third-order valence-electron chi connectivity index (χ3n) is 6.73. The number of hydrogen-bond donors (Lipinski definition) is 3. The summed E-state index contributed by atoms with van der Waals surface area (Å²) >= 11 is 1.69. The molecule has 0 aliphatic heterocycles. The molecule has 1 aliphatic rings. The van der Waals surface area contributed by atoms with Gasteiger partial charge < -0.3 is 16.4 Å². The summed E-state index contributed by atoms with van der Waals surface area (Å²) in [6, 6.07) is 15.2. The molecular formula is C27H38N4O2S. The van der Waals surface area contributed by atoms with E-state index in [1.54, 1.807) is 18.0 Å². The number of nitrogens with zero attached hydrogens (tertiary/aromatic N) is 1. The second kappa shape index (κ2) is 13.5. The van der Waals surface area contributed by atoms with E-state index >= 15 is 0 Å². The second-order valence-electron chi connectivity index (χ2n) is 9.40. The highest BCUT2D eigenvalue weighted by atomic mass is 32.2. The highest BCUT2D eigenvalue weighted by Crippen LogP contribution is 2.39. The summed E-state index contributed by atoms with van der Waals surface area (Å²) in [5.74, 6) is 0.767. The van der Waals surface area contributed by atoms with E-state index in [4.69, 9.17) is 5.73 Å². The number of nitrogens with one attached hydrogen (secondary N) is 2. The molecule has 7 heteroatoms. The summed E-state index contributed by atoms with van der Waals surface area (Å²) < 4.78 is 0. The predicted octanol–water partition coefficient (Wildman–Crippen LogP) is 4.02. The van der Waals surface area contributed by atoms with Crippen molar-refractivity contribution < 1.29 is 9.59 Å². The van der Waals surface area contributed by atoms with E-state index in [0.717, 1.165) is 42.7 Å². The maximum atomic E-state index is 13.3. The molecule has 1 aromatic carbocycles. The second-order valence-corrected chi connectivity index (χ2v) is 10.4. The van der Waals surface area contributed by atoms with Gasteiger partial charge in [0.05, 0.1) is 12.1 Å². The minimum atomic E-state index is -0.497. The Hall–Kier alpha value is -2.38. The van der Waals surface area contributed by atoms with Crippen LogP contribution in [0.3, 0.4) is 0 Å². The van der Waals surface area contributed by atoms with Crippen LogP contribution >= 0.6 is 11.8 Å². The lowest BCUT2D eigenvalue weighted by molar-refractivity contribution is -0.127. The van der Waals surface area contributed by atoms with E-state index in [0.29, 0.717) is 25.8 Å². The molecule has 1 unspecified atom stereocenters. The zero-order valence-electron chi connectivity index (χ0n) is 20.2. The van der Waals surface area contributed by atoms with Crippen molar-refractivity contribution in [1.29, 1.82) is 0 Å². The number of benzene rings is 1. The van der Waals surface area contributed by atoms with Crippen molar-refractivity contribution in [2.45, 2.75) is 63.5 Å². The highest BCUT2D eigenvalue weighted by molar-refractivity contribution is 7.98. The van der Waals surface area contributed by atoms with Crippen LogP contribution in [0.15, 0.2) is 54.7 Å². The molecule has 0 spiro atoms. The zero-order valence-corrected chi connectivity index (χ0v) is 21.0. The van der Waals surface area contributed by atoms with Gasteiger partial charge >= 0.3 is 0 Å². The van der Waals surface area contributed by atoms with Crippen molar-refractivity contribution in [2.24, 2.45) is 11.1 Å². The monoisotopic (exact) mass is 482 g/mol. The minimum Gasteiger partial charge on any atom is -0.354 e. The van der Waals surface area contributed by atoms with Gasteiger partial charge in [-0.3, -0.25) is 14.6 Å². The molecule has 1 saturated carbocycles. The van der Waals surface area contributed by atoms with Gasteiger partial charge in [0.2, 0.25) is 11.8 Å². The summed E-state index contributed by atoms with van der Waals surface area (Å²) in [5.41, 5.74) is 7.84. The smallest absolute Gasteiger partial charge is 0.236 e. The standard InChI is InChI=1S/C27H38N4O2S/c1-34-17-13-23(28)26(33)30-20-27(14-7-3-8-15-27)19-25(32)31-24(21-10-4-2-5-11-21)18-22-12-6-9-16-29-22/h2,4-6,9-12,16,23-24H,3,7-8,13-15,17-20,28H2,1H3,(H,30,33)(H,31,32)/t23-,24?/m0/s1. The van der Waals surface area contributed by atoms with Crippen molar-refractivity contribution in [3.8, 4) is 0 Å². The van der Waals surface area contributed by atoms with Crippen LogP contribution in [0.25, 0.3) is 0 Å². The average Bonchev–Trinajstić information content (AvgIpc) is 2.87. The molecule has 2 atom stereocenters. The van der Waals surface area contributed by atoms with Crippen LogP contribution in [0.4, 0.5) is 0 Å². The first-order valence-electron chi connectivity index (χ1n) is 12.3. The maximum Gasteiger partial charge on any atom is 0.236 e. The molecular weight excluding hydrogens is 444 g/mol. The predicted molar refractivity (Wildman–Crippen MR) is 139 cm³/mol. The third kappa shape index (κ3) is 8.13. The normalized spacial score (nSPS) is 16.9. The van der Waals surface area contributed by atoms with Crippen LogP contribution in [0.5, 0.6) is 0 Å². The number of rotatable bonds is 12. The Morgan fingerprint density at radius 3 is 2.50 bits per heavy atom. The van der Waals surface area contributed by atoms with E-state index in [1.807, 2.05) is 54.8 Å². The Kier molecular flexibility index (Phi) is 10.4. The number of hydrogen-bond acceptors (Lipinski definition) is 5. The van der Waals surface area contributed by atoms with Crippen LogP contribution in [0.1, 0.15) is 62.2 Å². The fraction of sp³-hybridized carbons (Fsp3) is 0.519. The molecule has 184 valence electrons. The highest BCUT2D eigenvalue weighted by Gasteiger charge is 2.35. The Morgan fingerprint density at radius 2 is 1.82 bits per heavy atom. The first-order chi connectivity index (χ1) is 16.5. The SMILES string of the molecule is CSCC[C@H](N)C(=O)NCC1(CC(=O)NC(Cc2ccccn2)c2ccccc2)CCCCC1. The quantitative estimate of drug-likeness (QED) is 0.425. The van der Waals surface area contributed by atoms with Gasteiger partial charge in [-0.25, -0.2) is 0 Å². The molecule has 0 saturated heterocycles. The summed E-state index contributed by atoms with van der Waals surface area (Å²) in [6.07, 6.45) is 10.7. The van der Waals surface area contributed by atoms with Crippen LogP contribution < -0.4 is 16.4 Å². The minimum absolute atomic E-state index is 0.0209. The number of aromatic nitrogens is 1. The summed E-state index contributed by atoms with van der Waals surface area (Å²) in [4.78, 5) is 30.3. The molecule has 2 aromatic rings. The van der Waals surface area contributed by atoms with Gasteiger partial charge in [-0.2, -0.15) is 11.8 Å². The van der Waals surface area contributed by atoms with E-state index in [-0.39, 0.29) is 23.3 Å². The number of nitrogens with two attached hydrogens (primary N) is 1. The first kappa shape index (κ1) is 26.2. The molecule has 0 radical (unpaired) electrons. The molecule has 4 N–H and O–H groups in total. The van der Waals surface area contributed by atoms with E-state index < -0.39 is 6.04 Å². The van der Waals surface area contributed by atoms with Crippen molar-refractivity contribution >= 4 is 23.6 Å². The van der Waals surface area contributed by atoms with Crippen LogP contribution in [0, 0.1) is 5.41 Å². The number of carbonyl (C=O) groups excluding carboxylic acids is 2. The number of carbonyl (C=O) groups is 2. The van der Waals surface area contributed by atoms with Crippen molar-refractivity contribution in [3.63, 3.8) is 0 Å². The zero-order chi connectivity index (χ0) is 24.2. The molecule has 1 fully saturated rings. The van der Waals surface area contributed by atoms with E-state index in [2.05, 4.69) is 15.6 Å². The molecule has 34 heavy (non-hydrogen) atoms. The molecule has 1 heterocycles. The molecule has 0 bridgehead atoms. The Labute approximate surface area is 207 Å². The summed E-state index contributed by atoms with van der Waals surface area (Å²) in [5, 5.41) is 6.34. The third-order valence-corrected chi connectivity index (χ3v) is 7.38. The molecule has 1 aromatic heterocycles. The Balaban J connectivity index is 1.66. The van der Waals surface area contributed by atoms with Gasteiger partial charge in [0.25, 0.3) is 0 Å². The van der Waals surface area contributed by atoms with Gasteiger partial charge in [0, 0.05) is 31.3 Å². The Bertz CT molecular complexity index is 888. The van der Waals surface area contributed by atoms with Crippen molar-refractivity contribution in [1.82, 2.24) is 15.6 Å². The fourth-order valence-corrected chi connectivity index (χ4v) is 5.24. The van der Waals surface area contributed by atoms with Gasteiger partial charge in [-0.15, -0.1) is 0 Å². The number of thioether (sulfide) groups is 1. The number of amides is 2. The van der Waals surface area contributed by atoms with Crippen molar-refractivity contribution in [2.75, 3.05) is 18.6 Å². The summed E-state index contributed by atoms with van der Waals surface area (Å²) in [7, 11) is 0. The topological polar surface area (TPSA) is 97.1 Å². The van der Waals surface area contributed by atoms with E-state index in [1.165, 1.54) is 6.42 Å². The van der Waals surface area contributed by atoms with Gasteiger partial charge in [0.1, 0.15) is 0 Å².